The van der Waals surface area contributed by atoms with E-state index in [-0.39, 0.29) is 0 Å². The van der Waals surface area contributed by atoms with E-state index in [1.165, 1.54) is 6.33 Å². The van der Waals surface area contributed by atoms with Gasteiger partial charge in [0.2, 0.25) is 0 Å². The van der Waals surface area contributed by atoms with Gasteiger partial charge in [-0.1, -0.05) is 12.1 Å². The zero-order chi connectivity index (χ0) is 13.9. The van der Waals surface area contributed by atoms with Crippen molar-refractivity contribution in [1.29, 1.82) is 0 Å². The Balaban J connectivity index is 2.20. The van der Waals surface area contributed by atoms with Crippen LogP contribution in [-0.4, -0.2) is 33.4 Å². The lowest BCUT2D eigenvalue weighted by Crippen LogP contribution is -2.03. The molecule has 6 heteroatoms. The Bertz CT molecular complexity index is 737. The quantitative estimate of drug-likeness (QED) is 0.787. The number of aromatic nitrogens is 4. The number of anilines is 1. The van der Waals surface area contributed by atoms with Crippen LogP contribution in [-0.2, 0) is 0 Å². The third-order valence-corrected chi connectivity index (χ3v) is 3.02. The SMILES string of the molecule is CCNc1ncnc2c1cnn2-c1ccccc1OC. The van der Waals surface area contributed by atoms with E-state index < -0.39 is 0 Å². The first-order valence-corrected chi connectivity index (χ1v) is 6.41. The Labute approximate surface area is 116 Å². The molecule has 0 aliphatic rings. The van der Waals surface area contributed by atoms with Gasteiger partial charge in [0.25, 0.3) is 0 Å². The Morgan fingerprint density at radius 1 is 1.25 bits per heavy atom. The number of rotatable bonds is 4. The molecule has 2 aromatic heterocycles. The highest BCUT2D eigenvalue weighted by molar-refractivity contribution is 5.87. The van der Waals surface area contributed by atoms with E-state index in [1.807, 2.05) is 31.2 Å². The average Bonchev–Trinajstić information content (AvgIpc) is 2.92. The van der Waals surface area contributed by atoms with Crippen LogP contribution in [0.5, 0.6) is 5.75 Å². The summed E-state index contributed by atoms with van der Waals surface area (Å²) in [5.41, 5.74) is 1.60. The van der Waals surface area contributed by atoms with E-state index in [1.54, 1.807) is 18.0 Å². The summed E-state index contributed by atoms with van der Waals surface area (Å²) in [6, 6.07) is 7.71. The van der Waals surface area contributed by atoms with Crippen molar-refractivity contribution in [2.45, 2.75) is 6.92 Å². The summed E-state index contributed by atoms with van der Waals surface area (Å²) in [5, 5.41) is 8.51. The molecule has 0 unspecified atom stereocenters. The minimum absolute atomic E-state index is 0.750. The molecule has 0 aliphatic heterocycles. The molecule has 0 spiro atoms. The van der Waals surface area contributed by atoms with Gasteiger partial charge in [0.05, 0.1) is 18.7 Å². The second kappa shape index (κ2) is 5.16. The topological polar surface area (TPSA) is 64.9 Å². The molecule has 6 nitrogen and oxygen atoms in total. The highest BCUT2D eigenvalue weighted by Crippen LogP contribution is 2.26. The molecule has 1 aromatic carbocycles. The number of nitrogens with one attached hydrogen (secondary N) is 1. The average molecular weight is 269 g/mol. The van der Waals surface area contributed by atoms with Crippen molar-refractivity contribution in [3.05, 3.63) is 36.8 Å². The lowest BCUT2D eigenvalue weighted by atomic mass is 10.3. The van der Waals surface area contributed by atoms with Gasteiger partial charge in [0.15, 0.2) is 5.65 Å². The van der Waals surface area contributed by atoms with Gasteiger partial charge in [-0.15, -0.1) is 0 Å². The predicted molar refractivity (Wildman–Crippen MR) is 77.4 cm³/mol. The Kier molecular flexibility index (Phi) is 3.20. The molecule has 3 aromatic rings. The number of methoxy groups -OCH3 is 1. The maximum Gasteiger partial charge on any atom is 0.168 e. The number of hydrogen-bond donors (Lipinski definition) is 1. The van der Waals surface area contributed by atoms with Gasteiger partial charge in [-0.3, -0.25) is 0 Å². The van der Waals surface area contributed by atoms with Gasteiger partial charge in [-0.2, -0.15) is 5.10 Å². The smallest absolute Gasteiger partial charge is 0.168 e. The van der Waals surface area contributed by atoms with E-state index in [0.717, 1.165) is 34.8 Å². The molecule has 0 atom stereocenters. The Hall–Kier alpha value is -2.63. The monoisotopic (exact) mass is 269 g/mol. The number of ether oxygens (including phenoxy) is 1. The molecule has 0 aliphatic carbocycles. The molecule has 1 N–H and O–H groups in total. The standard InChI is InChI=1S/C14H15N5O/c1-3-15-13-10-8-18-19(14(10)17-9-16-13)11-6-4-5-7-12(11)20-2/h4-9H,3H2,1-2H3,(H,15,16,17). The zero-order valence-corrected chi connectivity index (χ0v) is 11.4. The van der Waals surface area contributed by atoms with Gasteiger partial charge < -0.3 is 10.1 Å². The van der Waals surface area contributed by atoms with E-state index in [2.05, 4.69) is 20.4 Å². The van der Waals surface area contributed by atoms with Crippen LogP contribution >= 0.6 is 0 Å². The van der Waals surface area contributed by atoms with Gasteiger partial charge in [-0.05, 0) is 19.1 Å². The van der Waals surface area contributed by atoms with Crippen molar-refractivity contribution in [3.63, 3.8) is 0 Å². The summed E-state index contributed by atoms with van der Waals surface area (Å²) < 4.78 is 7.14. The molecule has 2 heterocycles. The molecule has 0 fully saturated rings. The van der Waals surface area contributed by atoms with Crippen molar-refractivity contribution in [1.82, 2.24) is 19.7 Å². The molecule has 0 radical (unpaired) electrons. The van der Waals surface area contributed by atoms with Crippen LogP contribution in [0, 0.1) is 0 Å². The van der Waals surface area contributed by atoms with Crippen LogP contribution < -0.4 is 10.1 Å². The first-order chi connectivity index (χ1) is 9.85. The summed E-state index contributed by atoms with van der Waals surface area (Å²) >= 11 is 0. The van der Waals surface area contributed by atoms with Crippen molar-refractivity contribution in [2.24, 2.45) is 0 Å². The third kappa shape index (κ3) is 1.95. The third-order valence-electron chi connectivity index (χ3n) is 3.02. The van der Waals surface area contributed by atoms with E-state index in [9.17, 15) is 0 Å². The molecule has 0 saturated carbocycles. The lowest BCUT2D eigenvalue weighted by molar-refractivity contribution is 0.412. The van der Waals surface area contributed by atoms with Crippen LogP contribution in [0.3, 0.4) is 0 Å². The maximum atomic E-state index is 5.38. The number of nitrogens with zero attached hydrogens (tertiary/aromatic N) is 4. The predicted octanol–water partition coefficient (Wildman–Crippen LogP) is 2.26. The number of benzene rings is 1. The Morgan fingerprint density at radius 2 is 2.10 bits per heavy atom. The fourth-order valence-corrected chi connectivity index (χ4v) is 2.13. The molecule has 0 saturated heterocycles. The van der Waals surface area contributed by atoms with Crippen LogP contribution in [0.1, 0.15) is 6.92 Å². The van der Waals surface area contributed by atoms with Gasteiger partial charge in [-0.25, -0.2) is 14.6 Å². The first kappa shape index (κ1) is 12.4. The zero-order valence-electron chi connectivity index (χ0n) is 11.4. The molecular weight excluding hydrogens is 254 g/mol. The highest BCUT2D eigenvalue weighted by atomic mass is 16.5. The summed E-state index contributed by atoms with van der Waals surface area (Å²) in [5.74, 6) is 1.54. The molecule has 20 heavy (non-hydrogen) atoms. The van der Waals surface area contributed by atoms with E-state index >= 15 is 0 Å². The summed E-state index contributed by atoms with van der Waals surface area (Å²) in [6.45, 7) is 2.82. The minimum Gasteiger partial charge on any atom is -0.494 e. The van der Waals surface area contributed by atoms with Crippen LogP contribution in [0.25, 0.3) is 16.7 Å². The maximum absolute atomic E-state index is 5.38. The molecule has 3 rings (SSSR count). The van der Waals surface area contributed by atoms with Crippen molar-refractivity contribution in [3.8, 4) is 11.4 Å². The first-order valence-electron chi connectivity index (χ1n) is 6.41. The number of hydrogen-bond acceptors (Lipinski definition) is 5. The van der Waals surface area contributed by atoms with Gasteiger partial charge >= 0.3 is 0 Å². The normalized spacial score (nSPS) is 10.7. The highest BCUT2D eigenvalue weighted by Gasteiger charge is 2.13. The number of para-hydroxylation sites is 2. The second-order valence-corrected chi connectivity index (χ2v) is 4.22. The van der Waals surface area contributed by atoms with Gasteiger partial charge in [0, 0.05) is 6.54 Å². The van der Waals surface area contributed by atoms with Crippen molar-refractivity contribution >= 4 is 16.9 Å². The fraction of sp³-hybridized carbons (Fsp3) is 0.214. The van der Waals surface area contributed by atoms with Crippen LogP contribution in [0.2, 0.25) is 0 Å². The minimum atomic E-state index is 0.750. The largest absolute Gasteiger partial charge is 0.494 e. The van der Waals surface area contributed by atoms with E-state index in [0.29, 0.717) is 0 Å². The summed E-state index contributed by atoms with van der Waals surface area (Å²) in [6.07, 6.45) is 3.30. The summed E-state index contributed by atoms with van der Waals surface area (Å²) in [7, 11) is 1.64. The Morgan fingerprint density at radius 3 is 2.90 bits per heavy atom. The molecular formula is C14H15N5O. The second-order valence-electron chi connectivity index (χ2n) is 4.22. The lowest BCUT2D eigenvalue weighted by Gasteiger charge is -2.08. The van der Waals surface area contributed by atoms with Crippen LogP contribution in [0.4, 0.5) is 5.82 Å². The summed E-state index contributed by atoms with van der Waals surface area (Å²) in [4.78, 5) is 8.57. The van der Waals surface area contributed by atoms with Crippen molar-refractivity contribution < 1.29 is 4.74 Å². The molecule has 0 amide bonds. The van der Waals surface area contributed by atoms with Crippen LogP contribution in [0.15, 0.2) is 36.8 Å². The fourth-order valence-electron chi connectivity index (χ4n) is 2.13. The molecule has 102 valence electrons. The van der Waals surface area contributed by atoms with E-state index in [4.69, 9.17) is 4.74 Å². The molecule has 0 bridgehead atoms. The van der Waals surface area contributed by atoms with Gasteiger partial charge in [0.1, 0.15) is 23.6 Å². The van der Waals surface area contributed by atoms with Crippen molar-refractivity contribution in [2.75, 3.05) is 19.0 Å². The number of fused-ring (bicyclic) bond motifs is 1.